The lowest BCUT2D eigenvalue weighted by Crippen LogP contribution is -1.90. The molecule has 0 spiro atoms. The van der Waals surface area contributed by atoms with Crippen LogP contribution in [0.2, 0.25) is 0 Å². The minimum absolute atomic E-state index is 0.407. The van der Waals surface area contributed by atoms with Gasteiger partial charge in [-0.2, -0.15) is 0 Å². The van der Waals surface area contributed by atoms with Crippen molar-refractivity contribution in [1.29, 1.82) is 0 Å². The Balaban J connectivity index is 2.87. The van der Waals surface area contributed by atoms with E-state index in [4.69, 9.17) is 0 Å². The van der Waals surface area contributed by atoms with Gasteiger partial charge in [-0.1, -0.05) is 6.07 Å². The molecule has 2 rings (SSSR count). The molecule has 0 radical (unpaired) electrons. The van der Waals surface area contributed by atoms with Crippen molar-refractivity contribution in [3.8, 4) is 0 Å². The van der Waals surface area contributed by atoms with E-state index in [9.17, 15) is 5.11 Å². The zero-order valence-corrected chi connectivity index (χ0v) is 9.70. The molecule has 0 aliphatic heterocycles. The van der Waals surface area contributed by atoms with Crippen molar-refractivity contribution in [2.45, 2.75) is 26.9 Å². The van der Waals surface area contributed by atoms with Crippen LogP contribution in [0.25, 0.3) is 10.9 Å². The van der Waals surface area contributed by atoms with E-state index in [1.165, 1.54) is 22.0 Å². The molecule has 0 saturated heterocycles. The van der Waals surface area contributed by atoms with Crippen LogP contribution in [0.15, 0.2) is 18.3 Å². The van der Waals surface area contributed by atoms with E-state index in [1.54, 1.807) is 0 Å². The number of aliphatic hydroxyl groups excluding tert-OH is 1. The van der Waals surface area contributed by atoms with Crippen LogP contribution < -0.4 is 0 Å². The average molecular weight is 203 g/mol. The fraction of sp³-hybridized carbons (Fsp3) is 0.385. The smallest absolute Gasteiger partial charge is 0.0782 e. The van der Waals surface area contributed by atoms with Gasteiger partial charge in [-0.3, -0.25) is 0 Å². The molecule has 1 aromatic heterocycles. The van der Waals surface area contributed by atoms with Crippen LogP contribution in [0.5, 0.6) is 0 Å². The molecule has 15 heavy (non-hydrogen) atoms. The number of fused-ring (bicyclic) bond motifs is 1. The highest BCUT2D eigenvalue weighted by Crippen LogP contribution is 2.29. The first-order valence-corrected chi connectivity index (χ1v) is 5.25. The van der Waals surface area contributed by atoms with Crippen molar-refractivity contribution < 1.29 is 5.11 Å². The van der Waals surface area contributed by atoms with E-state index in [1.807, 2.05) is 20.2 Å². The van der Waals surface area contributed by atoms with Gasteiger partial charge >= 0.3 is 0 Å². The SMILES string of the molecule is Cc1cc(C)c2c(C(C)O)cn(C)c2c1. The maximum absolute atomic E-state index is 9.72. The maximum atomic E-state index is 9.72. The van der Waals surface area contributed by atoms with E-state index in [2.05, 4.69) is 30.5 Å². The predicted molar refractivity (Wildman–Crippen MR) is 63.0 cm³/mol. The summed E-state index contributed by atoms with van der Waals surface area (Å²) in [6.07, 6.45) is 1.61. The van der Waals surface area contributed by atoms with Crippen LogP contribution in [-0.4, -0.2) is 9.67 Å². The predicted octanol–water partition coefficient (Wildman–Crippen LogP) is 2.85. The molecule has 0 fully saturated rings. The first-order valence-electron chi connectivity index (χ1n) is 5.25. The second kappa shape index (κ2) is 3.38. The number of hydrogen-bond acceptors (Lipinski definition) is 1. The van der Waals surface area contributed by atoms with Gasteiger partial charge in [-0.15, -0.1) is 0 Å². The van der Waals surface area contributed by atoms with Crippen LogP contribution in [-0.2, 0) is 7.05 Å². The Bertz CT molecular complexity index is 509. The molecule has 1 unspecified atom stereocenters. The summed E-state index contributed by atoms with van der Waals surface area (Å²) < 4.78 is 2.08. The summed E-state index contributed by atoms with van der Waals surface area (Å²) in [5, 5.41) is 10.9. The minimum atomic E-state index is -0.407. The summed E-state index contributed by atoms with van der Waals surface area (Å²) in [5.74, 6) is 0. The van der Waals surface area contributed by atoms with Crippen LogP contribution in [0, 0.1) is 13.8 Å². The van der Waals surface area contributed by atoms with E-state index < -0.39 is 6.10 Å². The molecule has 2 aromatic rings. The van der Waals surface area contributed by atoms with E-state index in [-0.39, 0.29) is 0 Å². The molecule has 2 heteroatoms. The zero-order valence-electron chi connectivity index (χ0n) is 9.70. The summed E-state index contributed by atoms with van der Waals surface area (Å²) in [6.45, 7) is 6.01. The second-order valence-electron chi connectivity index (χ2n) is 4.35. The third-order valence-electron chi connectivity index (χ3n) is 2.91. The van der Waals surface area contributed by atoms with E-state index in [0.717, 1.165) is 5.56 Å². The van der Waals surface area contributed by atoms with Crippen LogP contribution >= 0.6 is 0 Å². The van der Waals surface area contributed by atoms with Crippen molar-refractivity contribution in [2.24, 2.45) is 7.05 Å². The topological polar surface area (TPSA) is 25.2 Å². The highest BCUT2D eigenvalue weighted by atomic mass is 16.3. The van der Waals surface area contributed by atoms with Crippen molar-refractivity contribution in [2.75, 3.05) is 0 Å². The van der Waals surface area contributed by atoms with Gasteiger partial charge in [0.15, 0.2) is 0 Å². The summed E-state index contributed by atoms with van der Waals surface area (Å²) in [7, 11) is 2.02. The molecule has 1 heterocycles. The van der Waals surface area contributed by atoms with Crippen LogP contribution in [0.3, 0.4) is 0 Å². The second-order valence-corrected chi connectivity index (χ2v) is 4.35. The van der Waals surface area contributed by atoms with Gasteiger partial charge in [0.25, 0.3) is 0 Å². The Labute approximate surface area is 90.2 Å². The number of rotatable bonds is 1. The molecule has 2 nitrogen and oxygen atoms in total. The maximum Gasteiger partial charge on any atom is 0.0782 e. The molecule has 1 atom stereocenters. The van der Waals surface area contributed by atoms with Gasteiger partial charge in [0.1, 0.15) is 0 Å². The van der Waals surface area contributed by atoms with Crippen LogP contribution in [0.4, 0.5) is 0 Å². The normalized spacial score (nSPS) is 13.4. The standard InChI is InChI=1S/C13H17NO/c1-8-5-9(2)13-11(10(3)15)7-14(4)12(13)6-8/h5-7,10,15H,1-4H3. The Morgan fingerprint density at radius 1 is 1.27 bits per heavy atom. The summed E-state index contributed by atoms with van der Waals surface area (Å²) in [4.78, 5) is 0. The Morgan fingerprint density at radius 2 is 1.93 bits per heavy atom. The van der Waals surface area contributed by atoms with Gasteiger partial charge in [0.2, 0.25) is 0 Å². The monoisotopic (exact) mass is 203 g/mol. The minimum Gasteiger partial charge on any atom is -0.389 e. The molecular formula is C13H17NO. The molecule has 0 aliphatic rings. The molecule has 0 saturated carbocycles. The fourth-order valence-electron chi connectivity index (χ4n) is 2.26. The molecule has 0 amide bonds. The Kier molecular flexibility index (Phi) is 2.31. The van der Waals surface area contributed by atoms with E-state index in [0.29, 0.717) is 0 Å². The average Bonchev–Trinajstić information content (AvgIpc) is 2.44. The summed E-state index contributed by atoms with van der Waals surface area (Å²) in [5.41, 5.74) is 4.72. The van der Waals surface area contributed by atoms with Crippen molar-refractivity contribution >= 4 is 10.9 Å². The Morgan fingerprint density at radius 3 is 2.53 bits per heavy atom. The highest BCUT2D eigenvalue weighted by molar-refractivity contribution is 5.88. The third-order valence-corrected chi connectivity index (χ3v) is 2.91. The molecular weight excluding hydrogens is 186 g/mol. The number of benzene rings is 1. The number of hydrogen-bond donors (Lipinski definition) is 1. The number of aliphatic hydroxyl groups is 1. The summed E-state index contributed by atoms with van der Waals surface area (Å²) >= 11 is 0. The van der Waals surface area contributed by atoms with Gasteiger partial charge in [0.05, 0.1) is 6.10 Å². The fourth-order valence-corrected chi connectivity index (χ4v) is 2.26. The number of nitrogens with zero attached hydrogens (tertiary/aromatic N) is 1. The van der Waals surface area contributed by atoms with E-state index >= 15 is 0 Å². The molecule has 0 bridgehead atoms. The molecule has 1 aromatic carbocycles. The number of aromatic nitrogens is 1. The van der Waals surface area contributed by atoms with Gasteiger partial charge in [0, 0.05) is 29.7 Å². The van der Waals surface area contributed by atoms with Gasteiger partial charge < -0.3 is 9.67 Å². The number of aryl methyl sites for hydroxylation is 3. The third kappa shape index (κ3) is 1.55. The lowest BCUT2D eigenvalue weighted by atomic mass is 10.0. The van der Waals surface area contributed by atoms with Gasteiger partial charge in [-0.25, -0.2) is 0 Å². The first kappa shape index (κ1) is 10.2. The molecule has 0 aliphatic carbocycles. The molecule has 80 valence electrons. The zero-order chi connectivity index (χ0) is 11.2. The van der Waals surface area contributed by atoms with Crippen molar-refractivity contribution in [1.82, 2.24) is 4.57 Å². The lowest BCUT2D eigenvalue weighted by molar-refractivity contribution is 0.200. The van der Waals surface area contributed by atoms with Gasteiger partial charge in [-0.05, 0) is 38.0 Å². The van der Waals surface area contributed by atoms with Crippen molar-refractivity contribution in [3.05, 3.63) is 35.0 Å². The first-order chi connectivity index (χ1) is 7.00. The van der Waals surface area contributed by atoms with Crippen LogP contribution in [0.1, 0.15) is 29.7 Å². The lowest BCUT2D eigenvalue weighted by Gasteiger charge is -2.05. The Hall–Kier alpha value is -1.28. The van der Waals surface area contributed by atoms with Crippen molar-refractivity contribution in [3.63, 3.8) is 0 Å². The largest absolute Gasteiger partial charge is 0.389 e. The summed E-state index contributed by atoms with van der Waals surface area (Å²) in [6, 6.07) is 4.32. The molecule has 1 N–H and O–H groups in total. The highest BCUT2D eigenvalue weighted by Gasteiger charge is 2.12. The quantitative estimate of drug-likeness (QED) is 0.757.